The molecule has 0 amide bonds. The van der Waals surface area contributed by atoms with E-state index in [1.807, 2.05) is 0 Å². The molecular weight excluding hydrogens is 179 g/mol. The van der Waals surface area contributed by atoms with E-state index in [1.54, 1.807) is 0 Å². The maximum atomic E-state index is 6.09. The van der Waals surface area contributed by atoms with Crippen molar-refractivity contribution in [3.63, 3.8) is 0 Å². The van der Waals surface area contributed by atoms with E-state index in [0.29, 0.717) is 0 Å². The topological polar surface area (TPSA) is 0 Å². The maximum Gasteiger partial charge on any atom is 0.118 e. The third-order valence-electron chi connectivity index (χ3n) is 2.34. The van der Waals surface area contributed by atoms with Crippen LogP contribution in [-0.2, 0) is 0 Å². The summed E-state index contributed by atoms with van der Waals surface area (Å²) < 4.78 is -0.412. The average molecular weight is 195 g/mol. The Morgan fingerprint density at radius 2 is 1.00 bits per heavy atom. The van der Waals surface area contributed by atoms with Crippen molar-refractivity contribution in [2.45, 2.75) is 55.7 Å². The van der Waals surface area contributed by atoms with Crippen LogP contribution in [0.15, 0.2) is 0 Å². The minimum atomic E-state index is -0.412. The van der Waals surface area contributed by atoms with Gasteiger partial charge < -0.3 is 0 Å². The molecule has 0 nitrogen and oxygen atoms in total. The molecule has 0 N–H and O–H groups in total. The molecule has 1 fully saturated rings. The SMILES string of the molecule is ClC1(Cl)CCCCCCCC1. The molecule has 1 aliphatic rings. The first-order valence-corrected chi connectivity index (χ1v) is 5.34. The minimum absolute atomic E-state index is 0.412. The molecule has 0 spiro atoms. The molecular formula is C9H16Cl2. The van der Waals surface area contributed by atoms with Gasteiger partial charge in [-0.3, -0.25) is 0 Å². The summed E-state index contributed by atoms with van der Waals surface area (Å²) in [4.78, 5) is 0. The first kappa shape index (κ1) is 9.67. The molecule has 0 bridgehead atoms. The Morgan fingerprint density at radius 1 is 0.636 bits per heavy atom. The van der Waals surface area contributed by atoms with Crippen molar-refractivity contribution < 1.29 is 0 Å². The van der Waals surface area contributed by atoms with Crippen LogP contribution in [0.3, 0.4) is 0 Å². The monoisotopic (exact) mass is 194 g/mol. The highest BCUT2D eigenvalue weighted by molar-refractivity contribution is 6.48. The number of hydrogen-bond donors (Lipinski definition) is 0. The zero-order valence-electron chi connectivity index (χ0n) is 6.91. The second-order valence-electron chi connectivity index (χ2n) is 3.48. The molecule has 0 aliphatic heterocycles. The van der Waals surface area contributed by atoms with Crippen molar-refractivity contribution >= 4 is 23.2 Å². The van der Waals surface area contributed by atoms with Crippen molar-refractivity contribution in [3.8, 4) is 0 Å². The zero-order valence-corrected chi connectivity index (χ0v) is 8.42. The van der Waals surface area contributed by atoms with Gasteiger partial charge in [-0.25, -0.2) is 0 Å². The van der Waals surface area contributed by atoms with Crippen molar-refractivity contribution in [1.82, 2.24) is 0 Å². The number of hydrogen-bond acceptors (Lipinski definition) is 0. The summed E-state index contributed by atoms with van der Waals surface area (Å²) >= 11 is 12.2. The summed E-state index contributed by atoms with van der Waals surface area (Å²) in [5.41, 5.74) is 0. The molecule has 0 radical (unpaired) electrons. The second kappa shape index (κ2) is 4.57. The number of halogens is 2. The predicted molar refractivity (Wildman–Crippen MR) is 51.4 cm³/mol. The van der Waals surface area contributed by atoms with Crippen LogP contribution in [0.2, 0.25) is 0 Å². The smallest absolute Gasteiger partial charge is 0.102 e. The average Bonchev–Trinajstić information content (AvgIpc) is 2.00. The number of alkyl halides is 2. The van der Waals surface area contributed by atoms with Gasteiger partial charge in [-0.15, -0.1) is 23.2 Å². The van der Waals surface area contributed by atoms with Crippen LogP contribution in [0, 0.1) is 0 Å². The Bertz CT molecular complexity index is 98.1. The van der Waals surface area contributed by atoms with Gasteiger partial charge in [0.05, 0.1) is 0 Å². The lowest BCUT2D eigenvalue weighted by atomic mass is 10.1. The van der Waals surface area contributed by atoms with Gasteiger partial charge in [-0.2, -0.15) is 0 Å². The third kappa shape index (κ3) is 4.22. The fourth-order valence-corrected chi connectivity index (χ4v) is 2.13. The van der Waals surface area contributed by atoms with Crippen LogP contribution in [0.5, 0.6) is 0 Å². The molecule has 66 valence electrons. The minimum Gasteiger partial charge on any atom is -0.102 e. The van der Waals surface area contributed by atoms with E-state index in [4.69, 9.17) is 23.2 Å². The maximum absolute atomic E-state index is 6.09. The molecule has 1 saturated carbocycles. The van der Waals surface area contributed by atoms with Crippen molar-refractivity contribution in [1.29, 1.82) is 0 Å². The van der Waals surface area contributed by atoms with Crippen LogP contribution in [0.1, 0.15) is 51.4 Å². The quantitative estimate of drug-likeness (QED) is 0.505. The summed E-state index contributed by atoms with van der Waals surface area (Å²) in [6, 6.07) is 0. The van der Waals surface area contributed by atoms with Crippen LogP contribution in [0.4, 0.5) is 0 Å². The molecule has 2 heteroatoms. The highest BCUT2D eigenvalue weighted by atomic mass is 35.5. The van der Waals surface area contributed by atoms with Gasteiger partial charge in [0.15, 0.2) is 0 Å². The van der Waals surface area contributed by atoms with E-state index in [-0.39, 0.29) is 0 Å². The summed E-state index contributed by atoms with van der Waals surface area (Å²) in [7, 11) is 0. The fraction of sp³-hybridized carbons (Fsp3) is 1.00. The lowest BCUT2D eigenvalue weighted by Gasteiger charge is -2.17. The number of rotatable bonds is 0. The highest BCUT2D eigenvalue weighted by Crippen LogP contribution is 2.34. The van der Waals surface area contributed by atoms with E-state index in [0.717, 1.165) is 12.8 Å². The van der Waals surface area contributed by atoms with Gasteiger partial charge in [-0.05, 0) is 12.8 Å². The van der Waals surface area contributed by atoms with Gasteiger partial charge in [0.2, 0.25) is 0 Å². The Morgan fingerprint density at radius 3 is 1.45 bits per heavy atom. The van der Waals surface area contributed by atoms with E-state index < -0.39 is 4.33 Å². The summed E-state index contributed by atoms with van der Waals surface area (Å²) in [6.07, 6.45) is 9.71. The molecule has 0 unspecified atom stereocenters. The summed E-state index contributed by atoms with van der Waals surface area (Å²) in [5, 5.41) is 0. The van der Waals surface area contributed by atoms with Crippen molar-refractivity contribution in [2.75, 3.05) is 0 Å². The second-order valence-corrected chi connectivity index (χ2v) is 5.12. The normalized spacial score (nSPS) is 26.7. The molecule has 0 atom stereocenters. The Hall–Kier alpha value is 0.580. The van der Waals surface area contributed by atoms with Crippen molar-refractivity contribution in [2.24, 2.45) is 0 Å². The molecule has 1 rings (SSSR count). The van der Waals surface area contributed by atoms with E-state index in [2.05, 4.69) is 0 Å². The molecule has 0 aromatic heterocycles. The van der Waals surface area contributed by atoms with Crippen LogP contribution < -0.4 is 0 Å². The Labute approximate surface area is 79.3 Å². The van der Waals surface area contributed by atoms with E-state index in [9.17, 15) is 0 Å². The van der Waals surface area contributed by atoms with Gasteiger partial charge >= 0.3 is 0 Å². The highest BCUT2D eigenvalue weighted by Gasteiger charge is 2.22. The largest absolute Gasteiger partial charge is 0.118 e. The standard InChI is InChI=1S/C9H16Cl2/c10-9(11)7-5-3-1-2-4-6-8-9/h1-8H2. The molecule has 0 heterocycles. The van der Waals surface area contributed by atoms with E-state index >= 15 is 0 Å². The molecule has 0 saturated heterocycles. The van der Waals surface area contributed by atoms with Crippen LogP contribution >= 0.6 is 23.2 Å². The first-order valence-electron chi connectivity index (χ1n) is 4.59. The summed E-state index contributed by atoms with van der Waals surface area (Å²) in [5.74, 6) is 0. The zero-order chi connectivity index (χ0) is 8.16. The molecule has 0 aromatic rings. The summed E-state index contributed by atoms with van der Waals surface area (Å²) in [6.45, 7) is 0. The first-order chi connectivity index (χ1) is 5.21. The predicted octanol–water partition coefficient (Wildman–Crippen LogP) is 4.29. The van der Waals surface area contributed by atoms with Gasteiger partial charge in [0.25, 0.3) is 0 Å². The van der Waals surface area contributed by atoms with Crippen molar-refractivity contribution in [3.05, 3.63) is 0 Å². The molecule has 1 aliphatic carbocycles. The van der Waals surface area contributed by atoms with E-state index in [1.165, 1.54) is 38.5 Å². The lowest BCUT2D eigenvalue weighted by Crippen LogP contribution is -2.11. The Balaban J connectivity index is 2.31. The van der Waals surface area contributed by atoms with Gasteiger partial charge in [0, 0.05) is 0 Å². The van der Waals surface area contributed by atoms with Gasteiger partial charge in [0.1, 0.15) is 4.33 Å². The lowest BCUT2D eigenvalue weighted by molar-refractivity contribution is 0.589. The Kier molecular flexibility index (Phi) is 4.01. The van der Waals surface area contributed by atoms with Crippen LogP contribution in [-0.4, -0.2) is 4.33 Å². The van der Waals surface area contributed by atoms with Crippen LogP contribution in [0.25, 0.3) is 0 Å². The fourth-order valence-electron chi connectivity index (χ4n) is 1.60. The molecule has 0 aromatic carbocycles. The molecule has 11 heavy (non-hydrogen) atoms. The van der Waals surface area contributed by atoms with Gasteiger partial charge in [-0.1, -0.05) is 38.5 Å². The third-order valence-corrected chi connectivity index (χ3v) is 3.09.